The second-order valence-corrected chi connectivity index (χ2v) is 14.4. The number of H-pyrrole nitrogens is 1. The molecule has 0 aromatic carbocycles. The predicted octanol–water partition coefficient (Wildman–Crippen LogP) is 5.73. The van der Waals surface area contributed by atoms with Gasteiger partial charge < -0.3 is 20.5 Å². The molecular formula is C31H53N3O2. The third-order valence-electron chi connectivity index (χ3n) is 12.2. The maximum absolute atomic E-state index is 12.4. The van der Waals surface area contributed by atoms with Crippen molar-refractivity contribution in [1.82, 2.24) is 15.3 Å². The fraction of sp³-hybridized carbons (Fsp3) is 0.903. The minimum Gasteiger partial charge on any atom is -0.393 e. The number of hydrogen-bond donors (Lipinski definition) is 4. The van der Waals surface area contributed by atoms with Crippen LogP contribution >= 0.6 is 0 Å². The fourth-order valence-corrected chi connectivity index (χ4v) is 10.1. The molecule has 204 valence electrons. The van der Waals surface area contributed by atoms with E-state index in [0.29, 0.717) is 23.7 Å². The summed E-state index contributed by atoms with van der Waals surface area (Å²) in [4.78, 5) is 7.38. The van der Waals surface area contributed by atoms with Crippen molar-refractivity contribution < 1.29 is 10.2 Å². The van der Waals surface area contributed by atoms with Crippen LogP contribution < -0.4 is 5.32 Å². The summed E-state index contributed by atoms with van der Waals surface area (Å²) in [5.41, 5.74) is 0.617. The molecule has 5 rings (SSSR count). The molecule has 0 amide bonds. The predicted molar refractivity (Wildman–Crippen MR) is 145 cm³/mol. The molecule has 36 heavy (non-hydrogen) atoms. The molecule has 5 heteroatoms. The van der Waals surface area contributed by atoms with Crippen LogP contribution in [0.1, 0.15) is 105 Å². The minimum atomic E-state index is -0.837. The SMILES string of the molecule is CC(C)CCC(C)C1CCC2C3CC(NCCc4cnc[nH]4)[C@@]4(O)C[C@@H](O)CC[C@]4(C)C3CC[C@]12C. The van der Waals surface area contributed by atoms with Gasteiger partial charge in [0.05, 0.1) is 18.0 Å². The molecule has 1 aromatic heterocycles. The lowest BCUT2D eigenvalue weighted by atomic mass is 9.42. The van der Waals surface area contributed by atoms with Gasteiger partial charge in [0.15, 0.2) is 0 Å². The van der Waals surface area contributed by atoms with Gasteiger partial charge in [0.1, 0.15) is 0 Å². The number of aromatic nitrogens is 2. The molecule has 4 N–H and O–H groups in total. The monoisotopic (exact) mass is 499 g/mol. The van der Waals surface area contributed by atoms with E-state index in [9.17, 15) is 10.2 Å². The van der Waals surface area contributed by atoms with Crippen molar-refractivity contribution >= 4 is 0 Å². The molecule has 0 radical (unpaired) electrons. The zero-order valence-corrected chi connectivity index (χ0v) is 23.6. The van der Waals surface area contributed by atoms with Crippen molar-refractivity contribution in [3.05, 3.63) is 18.2 Å². The number of aromatic amines is 1. The Hall–Kier alpha value is -0.910. The number of aliphatic hydroxyl groups excluding tert-OH is 1. The van der Waals surface area contributed by atoms with E-state index >= 15 is 0 Å². The minimum absolute atomic E-state index is 0.0429. The van der Waals surface area contributed by atoms with Gasteiger partial charge in [-0.15, -0.1) is 0 Å². The molecular weight excluding hydrogens is 446 g/mol. The van der Waals surface area contributed by atoms with Gasteiger partial charge in [-0.2, -0.15) is 0 Å². The third kappa shape index (κ3) is 4.39. The van der Waals surface area contributed by atoms with Crippen molar-refractivity contribution in [3.63, 3.8) is 0 Å². The quantitative estimate of drug-likeness (QED) is 0.368. The summed E-state index contributed by atoms with van der Waals surface area (Å²) in [6.07, 6.45) is 15.5. The van der Waals surface area contributed by atoms with Crippen molar-refractivity contribution in [1.29, 1.82) is 0 Å². The van der Waals surface area contributed by atoms with Crippen molar-refractivity contribution in [2.75, 3.05) is 6.54 Å². The van der Waals surface area contributed by atoms with E-state index in [-0.39, 0.29) is 17.6 Å². The van der Waals surface area contributed by atoms with Crippen LogP contribution in [0.5, 0.6) is 0 Å². The van der Waals surface area contributed by atoms with Gasteiger partial charge in [0.25, 0.3) is 0 Å². The Balaban J connectivity index is 1.38. The molecule has 1 aromatic rings. The average molecular weight is 500 g/mol. The molecule has 0 bridgehead atoms. The molecule has 4 aliphatic carbocycles. The molecule has 1 heterocycles. The van der Waals surface area contributed by atoms with E-state index in [2.05, 4.69) is 49.9 Å². The van der Waals surface area contributed by atoms with Crippen molar-refractivity contribution in [3.8, 4) is 0 Å². The fourth-order valence-electron chi connectivity index (χ4n) is 10.1. The van der Waals surface area contributed by atoms with Crippen LogP contribution in [0, 0.1) is 46.3 Å². The van der Waals surface area contributed by atoms with Crippen LogP contribution in [0.15, 0.2) is 12.5 Å². The standard InChI is InChI=1S/C31H53N3O2/c1-20(2)6-7-21(3)25-8-9-26-24-16-28(33-15-12-22-18-32-19-34-22)31(36)17-23(35)10-14-30(31,5)27(24)11-13-29(25,26)4/h18-21,23-28,33,35-36H,6-17H2,1-5H3,(H,32,34)/t21?,23-,24?,25?,26?,27?,28?,29+,30+,31-/m0/s1. The number of rotatable bonds is 8. The normalized spacial score (nSPS) is 45.2. The summed E-state index contributed by atoms with van der Waals surface area (Å²) in [6.45, 7) is 13.1. The number of aliphatic hydroxyl groups is 2. The first-order chi connectivity index (χ1) is 17.1. The molecule has 4 aliphatic rings. The Morgan fingerprint density at radius 3 is 2.61 bits per heavy atom. The van der Waals surface area contributed by atoms with Gasteiger partial charge >= 0.3 is 0 Å². The van der Waals surface area contributed by atoms with E-state index in [1.54, 1.807) is 6.33 Å². The Morgan fingerprint density at radius 2 is 1.89 bits per heavy atom. The second-order valence-electron chi connectivity index (χ2n) is 14.4. The Kier molecular flexibility index (Phi) is 7.41. The van der Waals surface area contributed by atoms with Gasteiger partial charge in [-0.05, 0) is 85.9 Å². The largest absolute Gasteiger partial charge is 0.393 e. The average Bonchev–Trinajstić information content (AvgIpc) is 3.46. The Bertz CT molecular complexity index is 873. The molecule has 4 saturated carbocycles. The highest BCUT2D eigenvalue weighted by molar-refractivity contribution is 5.18. The van der Waals surface area contributed by atoms with E-state index < -0.39 is 5.60 Å². The van der Waals surface area contributed by atoms with Crippen LogP contribution in [-0.4, -0.2) is 44.5 Å². The maximum Gasteiger partial charge on any atom is 0.0921 e. The van der Waals surface area contributed by atoms with Gasteiger partial charge in [-0.3, -0.25) is 0 Å². The van der Waals surface area contributed by atoms with Crippen LogP contribution in [0.4, 0.5) is 0 Å². The highest BCUT2D eigenvalue weighted by atomic mass is 16.3. The topological polar surface area (TPSA) is 81.2 Å². The first-order valence-corrected chi connectivity index (χ1v) is 15.2. The summed E-state index contributed by atoms with van der Waals surface area (Å²) in [6, 6.07) is 0.0429. The summed E-state index contributed by atoms with van der Waals surface area (Å²) in [5.74, 6) is 4.46. The zero-order chi connectivity index (χ0) is 25.7. The lowest BCUT2D eigenvalue weighted by Crippen LogP contribution is -2.71. The molecule has 0 spiro atoms. The van der Waals surface area contributed by atoms with E-state index in [4.69, 9.17) is 0 Å². The molecule has 5 nitrogen and oxygen atoms in total. The highest BCUT2D eigenvalue weighted by Crippen LogP contribution is 2.69. The lowest BCUT2D eigenvalue weighted by molar-refractivity contribution is -0.234. The van der Waals surface area contributed by atoms with E-state index in [1.165, 1.54) is 38.5 Å². The van der Waals surface area contributed by atoms with Gasteiger partial charge in [-0.25, -0.2) is 4.98 Å². The number of imidazole rings is 1. The molecule has 6 unspecified atom stereocenters. The van der Waals surface area contributed by atoms with Crippen LogP contribution in [-0.2, 0) is 6.42 Å². The number of hydrogen-bond acceptors (Lipinski definition) is 4. The first kappa shape index (κ1) is 26.7. The third-order valence-corrected chi connectivity index (χ3v) is 12.2. The van der Waals surface area contributed by atoms with Gasteiger partial charge in [0.2, 0.25) is 0 Å². The van der Waals surface area contributed by atoms with Crippen LogP contribution in [0.2, 0.25) is 0 Å². The van der Waals surface area contributed by atoms with Crippen LogP contribution in [0.25, 0.3) is 0 Å². The molecule has 4 fully saturated rings. The zero-order valence-electron chi connectivity index (χ0n) is 23.6. The summed E-state index contributed by atoms with van der Waals surface area (Å²) in [5, 5.41) is 26.9. The number of nitrogens with zero attached hydrogens (tertiary/aromatic N) is 1. The Morgan fingerprint density at radius 1 is 1.08 bits per heavy atom. The van der Waals surface area contributed by atoms with Crippen LogP contribution in [0.3, 0.4) is 0 Å². The van der Waals surface area contributed by atoms with E-state index in [0.717, 1.165) is 61.6 Å². The second kappa shape index (κ2) is 10.0. The molecule has 0 aliphatic heterocycles. The first-order valence-electron chi connectivity index (χ1n) is 15.2. The summed E-state index contributed by atoms with van der Waals surface area (Å²) < 4.78 is 0. The lowest BCUT2D eigenvalue weighted by Gasteiger charge is -2.66. The molecule has 0 saturated heterocycles. The summed E-state index contributed by atoms with van der Waals surface area (Å²) >= 11 is 0. The summed E-state index contributed by atoms with van der Waals surface area (Å²) in [7, 11) is 0. The Labute approximate surface area is 219 Å². The van der Waals surface area contributed by atoms with E-state index in [1.807, 2.05) is 6.20 Å². The van der Waals surface area contributed by atoms with Crippen molar-refractivity contribution in [2.24, 2.45) is 46.3 Å². The molecule has 10 atom stereocenters. The smallest absolute Gasteiger partial charge is 0.0921 e. The number of nitrogens with one attached hydrogen (secondary N) is 2. The highest BCUT2D eigenvalue weighted by Gasteiger charge is 2.67. The van der Waals surface area contributed by atoms with Crippen molar-refractivity contribution in [2.45, 2.75) is 123 Å². The maximum atomic E-state index is 12.4. The number of fused-ring (bicyclic) bond motifs is 5. The van der Waals surface area contributed by atoms with Gasteiger partial charge in [0, 0.05) is 42.7 Å². The van der Waals surface area contributed by atoms with Gasteiger partial charge in [-0.1, -0.05) is 47.5 Å².